The monoisotopic (exact) mass is 456 g/mol. The van der Waals surface area contributed by atoms with Crippen molar-refractivity contribution in [3.8, 4) is 11.3 Å². The lowest BCUT2D eigenvalue weighted by atomic mass is 10.1. The molecule has 0 amide bonds. The molecule has 31 heavy (non-hydrogen) atoms. The summed E-state index contributed by atoms with van der Waals surface area (Å²) in [5, 5.41) is 6.62. The highest BCUT2D eigenvalue weighted by Gasteiger charge is 2.13. The summed E-state index contributed by atoms with van der Waals surface area (Å²) >= 11 is 8.42. The second-order valence-electron chi connectivity index (χ2n) is 8.29. The average Bonchev–Trinajstić information content (AvgIpc) is 3.47. The van der Waals surface area contributed by atoms with Crippen LogP contribution in [0.25, 0.3) is 21.5 Å². The standard InChI is InChI=1S/C25H33ClN4S/c1-3-29(4-2)18-20-9-8-19(16-21(20)26)23-17-24(25-22(28-23)10-15-31-25)27-11-7-14-30-12-5-6-13-30/h8-10,15-17H,3-7,11-14,18H2,1-2H3,(H,27,28). The van der Waals surface area contributed by atoms with Crippen LogP contribution in [0.1, 0.15) is 38.7 Å². The molecule has 0 unspecified atom stereocenters. The predicted molar refractivity (Wildman–Crippen MR) is 135 cm³/mol. The number of fused-ring (bicyclic) bond motifs is 1. The van der Waals surface area contributed by atoms with Crippen LogP contribution in [0.4, 0.5) is 5.69 Å². The number of pyridine rings is 1. The number of hydrogen-bond acceptors (Lipinski definition) is 5. The van der Waals surface area contributed by atoms with Crippen molar-refractivity contribution in [3.63, 3.8) is 0 Å². The van der Waals surface area contributed by atoms with Crippen molar-refractivity contribution in [1.29, 1.82) is 0 Å². The van der Waals surface area contributed by atoms with Crippen LogP contribution in [-0.4, -0.2) is 54.1 Å². The molecule has 4 nitrogen and oxygen atoms in total. The Hall–Kier alpha value is -1.66. The van der Waals surface area contributed by atoms with Crippen LogP contribution >= 0.6 is 22.9 Å². The zero-order valence-corrected chi connectivity index (χ0v) is 20.2. The van der Waals surface area contributed by atoms with E-state index in [1.807, 2.05) is 0 Å². The number of nitrogens with one attached hydrogen (secondary N) is 1. The number of anilines is 1. The van der Waals surface area contributed by atoms with E-state index in [-0.39, 0.29) is 0 Å². The summed E-state index contributed by atoms with van der Waals surface area (Å²) in [5.41, 5.74) is 5.45. The lowest BCUT2D eigenvalue weighted by molar-refractivity contribution is 0.296. The maximum atomic E-state index is 6.67. The maximum absolute atomic E-state index is 6.67. The first-order valence-corrected chi connectivity index (χ1v) is 12.8. The zero-order valence-electron chi connectivity index (χ0n) is 18.7. The Labute approximate surface area is 195 Å². The molecule has 4 rings (SSSR count). The SMILES string of the molecule is CCN(CC)Cc1ccc(-c2cc(NCCCN3CCCC3)c3sccc3n2)cc1Cl. The van der Waals surface area contributed by atoms with E-state index in [0.29, 0.717) is 0 Å². The van der Waals surface area contributed by atoms with Gasteiger partial charge in [0.25, 0.3) is 0 Å². The highest BCUT2D eigenvalue weighted by molar-refractivity contribution is 7.17. The summed E-state index contributed by atoms with van der Waals surface area (Å²) in [7, 11) is 0. The molecule has 1 aliphatic heterocycles. The molecule has 0 aliphatic carbocycles. The molecule has 0 bridgehead atoms. The first-order chi connectivity index (χ1) is 15.2. The van der Waals surface area contributed by atoms with Gasteiger partial charge in [0.05, 0.1) is 21.6 Å². The van der Waals surface area contributed by atoms with Crippen LogP contribution < -0.4 is 5.32 Å². The van der Waals surface area contributed by atoms with Crippen LogP contribution in [0.15, 0.2) is 35.7 Å². The van der Waals surface area contributed by atoms with Gasteiger partial charge in [-0.2, -0.15) is 0 Å². The lowest BCUT2D eigenvalue weighted by Crippen LogP contribution is -2.22. The number of benzene rings is 1. The van der Waals surface area contributed by atoms with Crippen LogP contribution in [0, 0.1) is 0 Å². The van der Waals surface area contributed by atoms with Crippen LogP contribution in [-0.2, 0) is 6.54 Å². The Balaban J connectivity index is 1.50. The van der Waals surface area contributed by atoms with Crippen molar-refractivity contribution in [1.82, 2.24) is 14.8 Å². The normalized spacial score (nSPS) is 14.7. The third-order valence-corrected chi connectivity index (χ3v) is 7.50. The molecule has 3 aromatic rings. The topological polar surface area (TPSA) is 31.4 Å². The molecule has 0 spiro atoms. The van der Waals surface area contributed by atoms with E-state index in [1.165, 1.54) is 48.4 Å². The quantitative estimate of drug-likeness (QED) is 0.360. The second kappa shape index (κ2) is 10.8. The van der Waals surface area contributed by atoms with Crippen molar-refractivity contribution in [2.45, 2.75) is 39.7 Å². The molecular weight excluding hydrogens is 424 g/mol. The molecular formula is C25H33ClN4S. The highest BCUT2D eigenvalue weighted by Crippen LogP contribution is 2.33. The fourth-order valence-electron chi connectivity index (χ4n) is 4.29. The van der Waals surface area contributed by atoms with Crippen molar-refractivity contribution >= 4 is 38.8 Å². The van der Waals surface area contributed by atoms with Crippen LogP contribution in [0.2, 0.25) is 5.02 Å². The Morgan fingerprint density at radius 1 is 1.13 bits per heavy atom. The highest BCUT2D eigenvalue weighted by atomic mass is 35.5. The van der Waals surface area contributed by atoms with E-state index in [1.54, 1.807) is 11.3 Å². The van der Waals surface area contributed by atoms with Gasteiger partial charge in [0, 0.05) is 23.7 Å². The lowest BCUT2D eigenvalue weighted by Gasteiger charge is -2.19. The third kappa shape index (κ3) is 5.58. The molecule has 1 aromatic carbocycles. The molecule has 1 aliphatic rings. The third-order valence-electron chi connectivity index (χ3n) is 6.21. The Kier molecular flexibility index (Phi) is 7.83. The van der Waals surface area contributed by atoms with Gasteiger partial charge in [-0.3, -0.25) is 4.90 Å². The van der Waals surface area contributed by atoms with Crippen LogP contribution in [0.5, 0.6) is 0 Å². The summed E-state index contributed by atoms with van der Waals surface area (Å²) in [4.78, 5) is 9.86. The van der Waals surface area contributed by atoms with Crippen molar-refractivity contribution in [2.75, 3.05) is 44.6 Å². The Morgan fingerprint density at radius 3 is 2.68 bits per heavy atom. The van der Waals surface area contributed by atoms with Gasteiger partial charge in [-0.15, -0.1) is 11.3 Å². The van der Waals surface area contributed by atoms with Gasteiger partial charge >= 0.3 is 0 Å². The van der Waals surface area contributed by atoms with Crippen molar-refractivity contribution in [3.05, 3.63) is 46.3 Å². The number of rotatable bonds is 10. The molecule has 1 N–H and O–H groups in total. The van der Waals surface area contributed by atoms with E-state index in [9.17, 15) is 0 Å². The predicted octanol–water partition coefficient (Wildman–Crippen LogP) is 6.36. The molecule has 0 atom stereocenters. The van der Waals surface area contributed by atoms with Crippen LogP contribution in [0.3, 0.4) is 0 Å². The van der Waals surface area contributed by atoms with E-state index < -0.39 is 0 Å². The largest absolute Gasteiger partial charge is 0.384 e. The summed E-state index contributed by atoms with van der Waals surface area (Å²) in [6, 6.07) is 10.7. The minimum absolute atomic E-state index is 0.816. The van der Waals surface area contributed by atoms with Gasteiger partial charge in [-0.05, 0) is 81.1 Å². The fourth-order valence-corrected chi connectivity index (χ4v) is 5.36. The molecule has 166 valence electrons. The Morgan fingerprint density at radius 2 is 1.94 bits per heavy atom. The first kappa shape index (κ1) is 22.5. The molecule has 6 heteroatoms. The minimum atomic E-state index is 0.816. The Bertz CT molecular complexity index is 992. The van der Waals surface area contributed by atoms with Gasteiger partial charge < -0.3 is 10.2 Å². The van der Waals surface area contributed by atoms with Gasteiger partial charge in [0.2, 0.25) is 0 Å². The molecule has 1 saturated heterocycles. The number of hydrogen-bond donors (Lipinski definition) is 1. The number of likely N-dealkylation sites (tertiary alicyclic amines) is 1. The molecule has 0 radical (unpaired) electrons. The van der Waals surface area contributed by atoms with Gasteiger partial charge in [-0.1, -0.05) is 37.6 Å². The van der Waals surface area contributed by atoms with Gasteiger partial charge in [-0.25, -0.2) is 4.98 Å². The van der Waals surface area contributed by atoms with E-state index >= 15 is 0 Å². The maximum Gasteiger partial charge on any atom is 0.0838 e. The number of halogens is 1. The molecule has 3 heterocycles. The van der Waals surface area contributed by atoms with Gasteiger partial charge in [0.15, 0.2) is 0 Å². The molecule has 2 aromatic heterocycles. The van der Waals surface area contributed by atoms with E-state index in [2.05, 4.69) is 64.7 Å². The molecule has 1 fully saturated rings. The summed E-state index contributed by atoms with van der Waals surface area (Å²) < 4.78 is 1.23. The summed E-state index contributed by atoms with van der Waals surface area (Å²) in [5.74, 6) is 0. The summed E-state index contributed by atoms with van der Waals surface area (Å²) in [6.07, 6.45) is 3.87. The van der Waals surface area contributed by atoms with E-state index in [4.69, 9.17) is 16.6 Å². The first-order valence-electron chi connectivity index (χ1n) is 11.5. The zero-order chi connectivity index (χ0) is 21.6. The summed E-state index contributed by atoms with van der Waals surface area (Å²) in [6.45, 7) is 12.0. The van der Waals surface area contributed by atoms with Gasteiger partial charge in [0.1, 0.15) is 0 Å². The number of aromatic nitrogens is 1. The number of thiophene rings is 1. The average molecular weight is 457 g/mol. The fraction of sp³-hybridized carbons (Fsp3) is 0.480. The second-order valence-corrected chi connectivity index (χ2v) is 9.61. The van der Waals surface area contributed by atoms with Crippen molar-refractivity contribution < 1.29 is 0 Å². The van der Waals surface area contributed by atoms with E-state index in [0.717, 1.165) is 54.4 Å². The van der Waals surface area contributed by atoms with Crippen molar-refractivity contribution in [2.24, 2.45) is 0 Å². The smallest absolute Gasteiger partial charge is 0.0838 e. The number of nitrogens with zero attached hydrogens (tertiary/aromatic N) is 3. The minimum Gasteiger partial charge on any atom is -0.384 e. The molecule has 0 saturated carbocycles.